The van der Waals surface area contributed by atoms with Crippen LogP contribution in [0.25, 0.3) is 5.69 Å². The summed E-state index contributed by atoms with van der Waals surface area (Å²) < 4.78 is 8.24. The first kappa shape index (κ1) is 17.5. The highest BCUT2D eigenvalue weighted by Crippen LogP contribution is 2.21. The number of carbonyl (C=O) groups is 1. The van der Waals surface area contributed by atoms with E-state index in [1.165, 1.54) is 23.1 Å². The van der Waals surface area contributed by atoms with E-state index in [2.05, 4.69) is 31.0 Å². The Bertz CT molecular complexity index is 877. The number of phenolic OH excluding ortho intramolecular Hbond substituents is 1. The van der Waals surface area contributed by atoms with E-state index in [-0.39, 0.29) is 11.3 Å². The summed E-state index contributed by atoms with van der Waals surface area (Å²) in [4.78, 5) is 12.6. The van der Waals surface area contributed by atoms with Crippen molar-refractivity contribution in [1.29, 1.82) is 0 Å². The summed E-state index contributed by atoms with van der Waals surface area (Å²) in [7, 11) is 1.61. The van der Waals surface area contributed by atoms with Crippen molar-refractivity contribution in [3.8, 4) is 11.4 Å². The predicted octanol–water partition coefficient (Wildman–Crippen LogP) is 0.0968. The Morgan fingerprint density at radius 3 is 2.92 bits per heavy atom. The van der Waals surface area contributed by atoms with E-state index in [9.17, 15) is 9.90 Å². The summed E-state index contributed by atoms with van der Waals surface area (Å²) in [5.74, 6) is -0.00916. The van der Waals surface area contributed by atoms with Gasteiger partial charge in [-0.25, -0.2) is 4.68 Å². The lowest BCUT2D eigenvalue weighted by atomic mass is 10.1. The minimum Gasteiger partial charge on any atom is -0.507 e. The molecule has 0 aliphatic rings. The number of methoxy groups -OCH3 is 1. The van der Waals surface area contributed by atoms with Crippen LogP contribution in [0.15, 0.2) is 30.9 Å². The van der Waals surface area contributed by atoms with Crippen molar-refractivity contribution in [2.24, 2.45) is 0 Å². The quantitative estimate of drug-likeness (QED) is 0.607. The highest BCUT2D eigenvalue weighted by atomic mass is 16.5. The number of amides is 1. The Labute approximate surface area is 148 Å². The maximum atomic E-state index is 12.6. The Kier molecular flexibility index (Phi) is 5.17. The van der Waals surface area contributed by atoms with Crippen LogP contribution in [-0.4, -0.2) is 59.7 Å². The lowest BCUT2D eigenvalue weighted by Crippen LogP contribution is -2.29. The van der Waals surface area contributed by atoms with Gasteiger partial charge in [-0.3, -0.25) is 4.79 Å². The van der Waals surface area contributed by atoms with Gasteiger partial charge >= 0.3 is 0 Å². The smallest absolute Gasteiger partial charge is 0.255 e. The van der Waals surface area contributed by atoms with Crippen molar-refractivity contribution in [2.75, 3.05) is 13.7 Å². The minimum absolute atomic E-state index is 0.104. The zero-order chi connectivity index (χ0) is 18.5. The number of hydrogen-bond acceptors (Lipinski definition) is 8. The van der Waals surface area contributed by atoms with E-state index in [1.54, 1.807) is 31.0 Å². The van der Waals surface area contributed by atoms with Crippen LogP contribution in [0.3, 0.4) is 0 Å². The van der Waals surface area contributed by atoms with Crippen molar-refractivity contribution in [1.82, 2.24) is 40.3 Å². The fourth-order valence-corrected chi connectivity index (χ4v) is 2.43. The van der Waals surface area contributed by atoms with Gasteiger partial charge in [-0.05, 0) is 35.5 Å². The highest BCUT2D eigenvalue weighted by molar-refractivity contribution is 5.97. The molecule has 0 aliphatic heterocycles. The van der Waals surface area contributed by atoms with Gasteiger partial charge in [0.15, 0.2) is 5.82 Å². The topological polar surface area (TPSA) is 133 Å². The molecule has 136 valence electrons. The van der Waals surface area contributed by atoms with Gasteiger partial charge in [0.1, 0.15) is 18.4 Å². The van der Waals surface area contributed by atoms with E-state index >= 15 is 0 Å². The second kappa shape index (κ2) is 7.70. The normalized spacial score (nSPS) is 12.1. The van der Waals surface area contributed by atoms with E-state index in [0.717, 1.165) is 0 Å². The van der Waals surface area contributed by atoms with Crippen molar-refractivity contribution in [3.05, 3.63) is 42.2 Å². The maximum absolute atomic E-state index is 12.6. The lowest BCUT2D eigenvalue weighted by Gasteiger charge is -2.15. The molecule has 3 aromatic rings. The van der Waals surface area contributed by atoms with Crippen molar-refractivity contribution in [2.45, 2.75) is 19.5 Å². The number of rotatable bonds is 7. The van der Waals surface area contributed by atoms with E-state index in [1.807, 2.05) is 0 Å². The Hall–Kier alpha value is -3.34. The minimum atomic E-state index is -0.453. The molecular formula is C15H18N8O3. The number of benzene rings is 1. The second-order valence-corrected chi connectivity index (χ2v) is 5.53. The van der Waals surface area contributed by atoms with Gasteiger partial charge in [0, 0.05) is 13.7 Å². The number of phenols is 1. The van der Waals surface area contributed by atoms with Crippen LogP contribution in [0.1, 0.15) is 29.1 Å². The third kappa shape index (κ3) is 3.67. The molecule has 0 aliphatic carbocycles. The number of hydrogen-bond donors (Lipinski definition) is 2. The van der Waals surface area contributed by atoms with Gasteiger partial charge in [-0.15, -0.1) is 15.3 Å². The first-order valence-corrected chi connectivity index (χ1v) is 7.84. The first-order valence-electron chi connectivity index (χ1n) is 7.84. The fraction of sp³-hybridized carbons (Fsp3) is 0.333. The van der Waals surface area contributed by atoms with Gasteiger partial charge in [-0.2, -0.15) is 0 Å². The van der Waals surface area contributed by atoms with Crippen LogP contribution < -0.4 is 5.32 Å². The molecule has 11 nitrogen and oxygen atoms in total. The molecule has 11 heteroatoms. The number of nitrogens with one attached hydrogen (secondary N) is 1. The number of aromatic hydroxyl groups is 1. The third-order valence-electron chi connectivity index (χ3n) is 3.76. The van der Waals surface area contributed by atoms with Crippen LogP contribution in [0.4, 0.5) is 0 Å². The SMILES string of the molecule is COCCn1cnnc1[C@@H](C)NC(=O)c1cc(-n2cnnn2)ccc1O. The molecule has 26 heavy (non-hydrogen) atoms. The molecule has 1 amide bonds. The van der Waals surface area contributed by atoms with Crippen LogP contribution >= 0.6 is 0 Å². The van der Waals surface area contributed by atoms with Gasteiger partial charge in [0.2, 0.25) is 0 Å². The first-order chi connectivity index (χ1) is 12.6. The predicted molar refractivity (Wildman–Crippen MR) is 88.6 cm³/mol. The Balaban J connectivity index is 1.78. The summed E-state index contributed by atoms with van der Waals surface area (Å²) in [6.07, 6.45) is 2.97. The third-order valence-corrected chi connectivity index (χ3v) is 3.76. The molecule has 1 aromatic carbocycles. The monoisotopic (exact) mass is 358 g/mol. The van der Waals surface area contributed by atoms with Crippen molar-refractivity contribution >= 4 is 5.91 Å². The molecule has 2 heterocycles. The summed E-state index contributed by atoms with van der Waals surface area (Å²) in [6.45, 7) is 2.85. The number of ether oxygens (including phenoxy) is 1. The molecule has 3 rings (SSSR count). The molecule has 2 N–H and O–H groups in total. The molecule has 0 saturated carbocycles. The number of tetrazole rings is 1. The van der Waals surface area contributed by atoms with E-state index in [0.29, 0.717) is 24.7 Å². The average Bonchev–Trinajstić information content (AvgIpc) is 3.32. The Morgan fingerprint density at radius 1 is 1.35 bits per heavy atom. The standard InChI is InChI=1S/C15H18N8O3/c1-10(14-19-16-8-22(14)5-6-26-2)18-15(25)12-7-11(3-4-13(12)24)23-9-17-20-21-23/h3-4,7-10,24H,5-6H2,1-2H3,(H,18,25)/t10-/m1/s1. The summed E-state index contributed by atoms with van der Waals surface area (Å²) in [5, 5.41) is 31.6. The zero-order valence-electron chi connectivity index (χ0n) is 14.3. The number of aromatic nitrogens is 7. The molecule has 0 unspecified atom stereocenters. The van der Waals surface area contributed by atoms with Gasteiger partial charge in [0.05, 0.1) is 23.9 Å². The van der Waals surface area contributed by atoms with Crippen LogP contribution in [-0.2, 0) is 11.3 Å². The average molecular weight is 358 g/mol. The van der Waals surface area contributed by atoms with Gasteiger partial charge < -0.3 is 19.7 Å². The second-order valence-electron chi connectivity index (χ2n) is 5.53. The largest absolute Gasteiger partial charge is 0.507 e. The summed E-state index contributed by atoms with van der Waals surface area (Å²) >= 11 is 0. The molecule has 0 bridgehead atoms. The van der Waals surface area contributed by atoms with Crippen molar-refractivity contribution < 1.29 is 14.6 Å². The van der Waals surface area contributed by atoms with Gasteiger partial charge in [-0.1, -0.05) is 0 Å². The molecule has 2 aromatic heterocycles. The molecule has 0 fully saturated rings. The summed E-state index contributed by atoms with van der Waals surface area (Å²) in [6, 6.07) is 4.10. The van der Waals surface area contributed by atoms with E-state index < -0.39 is 11.9 Å². The molecule has 0 saturated heterocycles. The summed E-state index contributed by atoms with van der Waals surface area (Å²) in [5.41, 5.74) is 0.654. The molecular weight excluding hydrogens is 340 g/mol. The zero-order valence-corrected chi connectivity index (χ0v) is 14.3. The fourth-order valence-electron chi connectivity index (χ4n) is 2.43. The van der Waals surface area contributed by atoms with Crippen molar-refractivity contribution in [3.63, 3.8) is 0 Å². The Morgan fingerprint density at radius 2 is 2.19 bits per heavy atom. The highest BCUT2D eigenvalue weighted by Gasteiger charge is 2.19. The van der Waals surface area contributed by atoms with Crippen LogP contribution in [0, 0.1) is 0 Å². The number of nitrogens with zero attached hydrogens (tertiary/aromatic N) is 7. The van der Waals surface area contributed by atoms with Gasteiger partial charge in [0.25, 0.3) is 5.91 Å². The van der Waals surface area contributed by atoms with E-state index in [4.69, 9.17) is 4.74 Å². The molecule has 1 atom stereocenters. The lowest BCUT2D eigenvalue weighted by molar-refractivity contribution is 0.0934. The maximum Gasteiger partial charge on any atom is 0.255 e. The van der Waals surface area contributed by atoms with Crippen LogP contribution in [0.5, 0.6) is 5.75 Å². The van der Waals surface area contributed by atoms with Crippen LogP contribution in [0.2, 0.25) is 0 Å². The molecule has 0 radical (unpaired) electrons. The molecule has 0 spiro atoms. The number of carbonyl (C=O) groups excluding carboxylic acids is 1.